The van der Waals surface area contributed by atoms with Crippen molar-refractivity contribution < 1.29 is 9.53 Å². The summed E-state index contributed by atoms with van der Waals surface area (Å²) in [5, 5.41) is 0.518. The third-order valence-electron chi connectivity index (χ3n) is 4.27. The third-order valence-corrected chi connectivity index (χ3v) is 4.50. The van der Waals surface area contributed by atoms with E-state index < -0.39 is 0 Å². The molecule has 6 nitrogen and oxygen atoms in total. The van der Waals surface area contributed by atoms with Crippen molar-refractivity contribution in [1.82, 2.24) is 19.7 Å². The molecule has 1 aromatic rings. The molecule has 2 aliphatic rings. The van der Waals surface area contributed by atoms with E-state index in [4.69, 9.17) is 16.3 Å². The summed E-state index contributed by atoms with van der Waals surface area (Å²) >= 11 is 5.86. The fourth-order valence-corrected chi connectivity index (χ4v) is 3.51. The van der Waals surface area contributed by atoms with Crippen molar-refractivity contribution >= 4 is 17.6 Å². The minimum Gasteiger partial charge on any atom is -0.465 e. The molecule has 0 atom stereocenters. The quantitative estimate of drug-likeness (QED) is 0.597. The fourth-order valence-electron chi connectivity index (χ4n) is 3.40. The second-order valence-corrected chi connectivity index (χ2v) is 6.60. The van der Waals surface area contributed by atoms with E-state index in [0.29, 0.717) is 18.3 Å². The summed E-state index contributed by atoms with van der Waals surface area (Å²) in [5.41, 5.74) is 2.43. The highest BCUT2D eigenvalue weighted by atomic mass is 35.5. The van der Waals surface area contributed by atoms with Crippen molar-refractivity contribution in [2.45, 2.75) is 20.4 Å². The van der Waals surface area contributed by atoms with Crippen LogP contribution in [-0.4, -0.2) is 65.1 Å². The van der Waals surface area contributed by atoms with Crippen molar-refractivity contribution in [2.75, 3.05) is 39.5 Å². The number of halogens is 1. The lowest BCUT2D eigenvalue weighted by Gasteiger charge is -2.37. The number of ether oxygens (including phenoxy) is 1. The van der Waals surface area contributed by atoms with Crippen LogP contribution in [0.5, 0.6) is 0 Å². The Labute approximate surface area is 147 Å². The van der Waals surface area contributed by atoms with Crippen molar-refractivity contribution in [3.63, 3.8) is 0 Å². The molecule has 0 N–H and O–H groups in total. The van der Waals surface area contributed by atoms with Gasteiger partial charge < -0.3 is 14.5 Å². The Morgan fingerprint density at radius 3 is 2.92 bits per heavy atom. The predicted octanol–water partition coefficient (Wildman–Crippen LogP) is 1.92. The largest absolute Gasteiger partial charge is 0.465 e. The van der Waals surface area contributed by atoms with Crippen LogP contribution in [0.4, 0.5) is 0 Å². The molecule has 0 aromatic carbocycles. The first-order valence-electron chi connectivity index (χ1n) is 8.25. The number of pyridine rings is 1. The van der Waals surface area contributed by atoms with Gasteiger partial charge in [-0.15, -0.1) is 0 Å². The van der Waals surface area contributed by atoms with Crippen LogP contribution in [0.1, 0.15) is 19.4 Å². The highest BCUT2D eigenvalue weighted by Gasteiger charge is 2.32. The van der Waals surface area contributed by atoms with Crippen molar-refractivity contribution in [3.05, 3.63) is 40.4 Å². The molecule has 1 aromatic heterocycles. The van der Waals surface area contributed by atoms with E-state index >= 15 is 0 Å². The van der Waals surface area contributed by atoms with E-state index in [2.05, 4.69) is 26.6 Å². The number of carbonyl (C=O) groups is 1. The average Bonchev–Trinajstić information content (AvgIpc) is 2.93. The molecule has 130 valence electrons. The Morgan fingerprint density at radius 2 is 2.21 bits per heavy atom. The van der Waals surface area contributed by atoms with Gasteiger partial charge in [0.1, 0.15) is 11.0 Å². The molecule has 0 bridgehead atoms. The maximum Gasteiger partial charge on any atom is 0.320 e. The lowest BCUT2D eigenvalue weighted by atomic mass is 10.2. The Balaban J connectivity index is 1.67. The van der Waals surface area contributed by atoms with Crippen molar-refractivity contribution in [1.29, 1.82) is 0 Å². The maximum absolute atomic E-state index is 11.7. The molecule has 1 fully saturated rings. The monoisotopic (exact) mass is 350 g/mol. The van der Waals surface area contributed by atoms with Crippen LogP contribution in [0.25, 0.3) is 0 Å². The van der Waals surface area contributed by atoms with Crippen LogP contribution in [0.15, 0.2) is 29.7 Å². The van der Waals surface area contributed by atoms with Crippen LogP contribution >= 0.6 is 11.6 Å². The molecule has 0 saturated carbocycles. The molecule has 0 unspecified atom stereocenters. The first-order chi connectivity index (χ1) is 11.6. The summed E-state index contributed by atoms with van der Waals surface area (Å²) in [6.07, 6.45) is 1.83. The molecular weight excluding hydrogens is 328 g/mol. The number of fused-ring (bicyclic) bond motifs is 1. The van der Waals surface area contributed by atoms with Crippen LogP contribution < -0.4 is 0 Å². The first kappa shape index (κ1) is 17.0. The smallest absolute Gasteiger partial charge is 0.320 e. The lowest BCUT2D eigenvalue weighted by molar-refractivity contribution is -0.144. The van der Waals surface area contributed by atoms with Gasteiger partial charge >= 0.3 is 5.97 Å². The van der Waals surface area contributed by atoms with E-state index in [9.17, 15) is 4.79 Å². The summed E-state index contributed by atoms with van der Waals surface area (Å²) in [4.78, 5) is 22.7. The Bertz CT molecular complexity index is 632. The predicted molar refractivity (Wildman–Crippen MR) is 92.1 cm³/mol. The average molecular weight is 351 g/mol. The molecule has 3 rings (SSSR count). The Hall–Kier alpha value is -1.79. The zero-order valence-corrected chi connectivity index (χ0v) is 14.9. The van der Waals surface area contributed by atoms with Crippen molar-refractivity contribution in [3.8, 4) is 0 Å². The molecule has 7 heteroatoms. The number of hydrogen-bond acceptors (Lipinski definition) is 6. The summed E-state index contributed by atoms with van der Waals surface area (Å²) in [6, 6.07) is 3.84. The van der Waals surface area contributed by atoms with Gasteiger partial charge in [-0.1, -0.05) is 17.7 Å². The Morgan fingerprint density at radius 1 is 1.38 bits per heavy atom. The van der Waals surface area contributed by atoms with Crippen LogP contribution in [0.2, 0.25) is 5.15 Å². The Kier molecular flexibility index (Phi) is 5.26. The van der Waals surface area contributed by atoms with E-state index in [1.54, 1.807) is 0 Å². The van der Waals surface area contributed by atoms with Gasteiger partial charge in [0.25, 0.3) is 0 Å². The van der Waals surface area contributed by atoms with Crippen LogP contribution in [0.3, 0.4) is 0 Å². The van der Waals surface area contributed by atoms with Crippen molar-refractivity contribution in [2.24, 2.45) is 0 Å². The zero-order valence-electron chi connectivity index (χ0n) is 14.2. The van der Waals surface area contributed by atoms with Gasteiger partial charge in [-0.25, -0.2) is 4.98 Å². The third kappa shape index (κ3) is 3.82. The standard InChI is InChI=1S/C17H23ClN4O2/c1-3-24-16(23)11-20-9-13(2)17-21(6-7-22(17)12-20)10-14-4-5-15(18)19-8-14/h4-5,8H,3,6-7,9-12H2,1-2H3. The molecule has 0 radical (unpaired) electrons. The molecule has 0 spiro atoms. The van der Waals surface area contributed by atoms with Gasteiger partial charge in [0.05, 0.1) is 19.8 Å². The molecule has 0 amide bonds. The van der Waals surface area contributed by atoms with Gasteiger partial charge in [0.15, 0.2) is 0 Å². The van der Waals surface area contributed by atoms with E-state index in [1.807, 2.05) is 25.3 Å². The SMILES string of the molecule is CCOC(=O)CN1CC(C)=C2N(Cc3ccc(Cl)nc3)CCN2C1. The summed E-state index contributed by atoms with van der Waals surface area (Å²) in [7, 11) is 0. The highest BCUT2D eigenvalue weighted by Crippen LogP contribution is 2.28. The van der Waals surface area contributed by atoms with Gasteiger partial charge in [-0.3, -0.25) is 9.69 Å². The topological polar surface area (TPSA) is 48.9 Å². The van der Waals surface area contributed by atoms with Gasteiger partial charge in [-0.05, 0) is 31.1 Å². The number of esters is 1. The zero-order chi connectivity index (χ0) is 17.1. The molecule has 1 saturated heterocycles. The second kappa shape index (κ2) is 7.40. The van der Waals surface area contributed by atoms with Gasteiger partial charge in [0, 0.05) is 32.4 Å². The molecule has 24 heavy (non-hydrogen) atoms. The summed E-state index contributed by atoms with van der Waals surface area (Å²) in [5.74, 6) is 1.13. The number of nitrogens with zero attached hydrogens (tertiary/aromatic N) is 4. The lowest BCUT2D eigenvalue weighted by Crippen LogP contribution is -2.45. The molecule has 2 aliphatic heterocycles. The van der Waals surface area contributed by atoms with Crippen LogP contribution in [0, 0.1) is 0 Å². The number of hydrogen-bond donors (Lipinski definition) is 0. The van der Waals surface area contributed by atoms with Gasteiger partial charge in [-0.2, -0.15) is 0 Å². The molecule has 0 aliphatic carbocycles. The number of aromatic nitrogens is 1. The highest BCUT2D eigenvalue weighted by molar-refractivity contribution is 6.29. The minimum atomic E-state index is -0.156. The molecular formula is C17H23ClN4O2. The minimum absolute atomic E-state index is 0.156. The van der Waals surface area contributed by atoms with E-state index in [0.717, 1.165) is 38.4 Å². The molecule has 3 heterocycles. The normalized spacial score (nSPS) is 18.1. The summed E-state index contributed by atoms with van der Waals surface area (Å²) < 4.78 is 5.06. The van der Waals surface area contributed by atoms with E-state index in [-0.39, 0.29) is 5.97 Å². The van der Waals surface area contributed by atoms with Gasteiger partial charge in [0.2, 0.25) is 0 Å². The first-order valence-corrected chi connectivity index (χ1v) is 8.62. The summed E-state index contributed by atoms with van der Waals surface area (Å²) in [6.45, 7) is 9.07. The number of carbonyl (C=O) groups excluding carboxylic acids is 1. The second-order valence-electron chi connectivity index (χ2n) is 6.21. The van der Waals surface area contributed by atoms with E-state index in [1.165, 1.54) is 11.4 Å². The van der Waals surface area contributed by atoms with Crippen LogP contribution in [-0.2, 0) is 16.1 Å². The fraction of sp³-hybridized carbons (Fsp3) is 0.529. The number of rotatable bonds is 5. The maximum atomic E-state index is 11.7.